The van der Waals surface area contributed by atoms with Gasteiger partial charge in [-0.05, 0) is 19.2 Å². The zero-order valence-corrected chi connectivity index (χ0v) is 14.1. The van der Waals surface area contributed by atoms with Crippen LogP contribution in [-0.2, 0) is 14.3 Å². The summed E-state index contributed by atoms with van der Waals surface area (Å²) < 4.78 is 10.1. The smallest absolute Gasteiger partial charge is 0.343 e. The lowest BCUT2D eigenvalue weighted by atomic mass is 10.1. The van der Waals surface area contributed by atoms with Crippen molar-refractivity contribution in [3.8, 4) is 5.75 Å². The van der Waals surface area contributed by atoms with Gasteiger partial charge < -0.3 is 20.1 Å². The van der Waals surface area contributed by atoms with Gasteiger partial charge in [0, 0.05) is 28.9 Å². The van der Waals surface area contributed by atoms with E-state index in [2.05, 4.69) is 15.4 Å². The van der Waals surface area contributed by atoms with Crippen LogP contribution in [0.25, 0.3) is 10.8 Å². The summed E-state index contributed by atoms with van der Waals surface area (Å²) in [5.74, 6) is -0.0867. The number of benzene rings is 2. The van der Waals surface area contributed by atoms with Crippen LogP contribution in [0.1, 0.15) is 6.92 Å². The van der Waals surface area contributed by atoms with Gasteiger partial charge in [-0.25, -0.2) is 4.79 Å². The molecule has 2 aromatic rings. The molecule has 0 saturated carbocycles. The van der Waals surface area contributed by atoms with Gasteiger partial charge in [-0.1, -0.05) is 31.2 Å². The Labute approximate surface area is 141 Å². The molecule has 24 heavy (non-hydrogen) atoms. The van der Waals surface area contributed by atoms with E-state index in [-0.39, 0.29) is 18.4 Å². The fourth-order valence-electron chi connectivity index (χ4n) is 2.36. The number of nitrogens with one attached hydrogen (secondary N) is 2. The van der Waals surface area contributed by atoms with Crippen molar-refractivity contribution in [3.63, 3.8) is 0 Å². The molecule has 0 aliphatic carbocycles. The summed E-state index contributed by atoms with van der Waals surface area (Å²) in [5, 5.41) is 7.61. The van der Waals surface area contributed by atoms with Crippen molar-refractivity contribution in [1.29, 1.82) is 0 Å². The second-order valence-corrected chi connectivity index (χ2v) is 5.47. The van der Waals surface area contributed by atoms with E-state index in [0.717, 1.165) is 10.8 Å². The molecule has 0 aliphatic heterocycles. The van der Waals surface area contributed by atoms with Crippen LogP contribution in [0.2, 0.25) is 0 Å². The maximum absolute atomic E-state index is 12.2. The highest BCUT2D eigenvalue weighted by Crippen LogP contribution is 2.31. The Morgan fingerprint density at radius 1 is 1.12 bits per heavy atom. The van der Waals surface area contributed by atoms with Gasteiger partial charge in [0.1, 0.15) is 5.75 Å². The molecule has 2 N–H and O–H groups in total. The van der Waals surface area contributed by atoms with Crippen LogP contribution in [0.3, 0.4) is 0 Å². The van der Waals surface area contributed by atoms with Gasteiger partial charge in [0.2, 0.25) is 5.91 Å². The molecule has 0 fully saturated rings. The van der Waals surface area contributed by atoms with Crippen LogP contribution in [0.15, 0.2) is 36.4 Å². The minimum atomic E-state index is -0.447. The third-order valence-electron chi connectivity index (χ3n) is 3.67. The molecule has 0 aliphatic rings. The Morgan fingerprint density at radius 3 is 2.50 bits per heavy atom. The molecule has 1 amide bonds. The van der Waals surface area contributed by atoms with Gasteiger partial charge >= 0.3 is 5.97 Å². The summed E-state index contributed by atoms with van der Waals surface area (Å²) in [6, 6.07) is 11.1. The van der Waals surface area contributed by atoms with E-state index in [0.29, 0.717) is 18.0 Å². The van der Waals surface area contributed by atoms with Gasteiger partial charge in [-0.15, -0.1) is 0 Å². The number of carbonyl (C=O) groups excluding carboxylic acids is 2. The first kappa shape index (κ1) is 17.7. The lowest BCUT2D eigenvalue weighted by Gasteiger charge is -2.15. The average molecular weight is 330 g/mol. The fourth-order valence-corrected chi connectivity index (χ4v) is 2.36. The summed E-state index contributed by atoms with van der Waals surface area (Å²) in [7, 11) is 3.13. The largest absolute Gasteiger partial charge is 0.481 e. The molecule has 1 unspecified atom stereocenters. The van der Waals surface area contributed by atoms with E-state index in [1.54, 1.807) is 12.1 Å². The quantitative estimate of drug-likeness (QED) is 0.761. The number of esters is 1. The molecule has 0 radical (unpaired) electrons. The minimum absolute atomic E-state index is 0.0577. The van der Waals surface area contributed by atoms with E-state index in [9.17, 15) is 9.59 Å². The molecule has 2 aromatic carbocycles. The number of hydrogen-bond donors (Lipinski definition) is 2. The van der Waals surface area contributed by atoms with Crippen molar-refractivity contribution in [2.45, 2.75) is 6.92 Å². The topological polar surface area (TPSA) is 76.7 Å². The van der Waals surface area contributed by atoms with Crippen molar-refractivity contribution >= 4 is 28.3 Å². The number of rotatable bonds is 7. The highest BCUT2D eigenvalue weighted by molar-refractivity contribution is 6.04. The van der Waals surface area contributed by atoms with Crippen LogP contribution >= 0.6 is 0 Å². The van der Waals surface area contributed by atoms with Crippen LogP contribution < -0.4 is 15.4 Å². The third kappa shape index (κ3) is 4.23. The second kappa shape index (κ2) is 8.31. The SMILES string of the molecule is CNCC(C)C(=O)Nc1ccc(OCC(=O)OC)c2ccccc12. The molecular formula is C18H22N2O4. The van der Waals surface area contributed by atoms with E-state index in [1.165, 1.54) is 7.11 Å². The summed E-state index contributed by atoms with van der Waals surface area (Å²) >= 11 is 0. The number of amides is 1. The van der Waals surface area contributed by atoms with E-state index in [1.807, 2.05) is 38.2 Å². The molecule has 0 bridgehead atoms. The van der Waals surface area contributed by atoms with Gasteiger partial charge in [0.15, 0.2) is 6.61 Å². The summed E-state index contributed by atoms with van der Waals surface area (Å²) in [4.78, 5) is 23.5. The average Bonchev–Trinajstić information content (AvgIpc) is 2.60. The summed E-state index contributed by atoms with van der Waals surface area (Å²) in [6.45, 7) is 2.30. The Bertz CT molecular complexity index is 730. The standard InChI is InChI=1S/C18H22N2O4/c1-12(10-19-2)18(22)20-15-8-9-16(24-11-17(21)23-3)14-7-5-4-6-13(14)15/h4-9,12,19H,10-11H2,1-3H3,(H,20,22). The Morgan fingerprint density at radius 2 is 1.83 bits per heavy atom. The Balaban J connectivity index is 2.27. The monoisotopic (exact) mass is 330 g/mol. The zero-order chi connectivity index (χ0) is 17.5. The van der Waals surface area contributed by atoms with Crippen molar-refractivity contribution < 1.29 is 19.1 Å². The first-order chi connectivity index (χ1) is 11.6. The lowest BCUT2D eigenvalue weighted by molar-refractivity contribution is -0.142. The molecular weight excluding hydrogens is 308 g/mol. The normalized spacial score (nSPS) is 11.8. The number of anilines is 1. The van der Waals surface area contributed by atoms with E-state index < -0.39 is 5.97 Å². The number of carbonyl (C=O) groups is 2. The maximum atomic E-state index is 12.2. The van der Waals surface area contributed by atoms with Gasteiger partial charge in [-0.2, -0.15) is 0 Å². The van der Waals surface area contributed by atoms with Crippen molar-refractivity contribution in [3.05, 3.63) is 36.4 Å². The second-order valence-electron chi connectivity index (χ2n) is 5.47. The summed E-state index contributed by atoms with van der Waals surface area (Å²) in [5.41, 5.74) is 0.712. The van der Waals surface area contributed by atoms with Gasteiger partial charge in [-0.3, -0.25) is 4.79 Å². The predicted molar refractivity (Wildman–Crippen MR) is 93.2 cm³/mol. The van der Waals surface area contributed by atoms with Crippen LogP contribution in [0.5, 0.6) is 5.75 Å². The van der Waals surface area contributed by atoms with Crippen LogP contribution in [0.4, 0.5) is 5.69 Å². The third-order valence-corrected chi connectivity index (χ3v) is 3.67. The van der Waals surface area contributed by atoms with Crippen molar-refractivity contribution in [1.82, 2.24) is 5.32 Å². The molecule has 6 nitrogen and oxygen atoms in total. The first-order valence-corrected chi connectivity index (χ1v) is 7.73. The van der Waals surface area contributed by atoms with Crippen LogP contribution in [-0.4, -0.2) is 39.2 Å². The minimum Gasteiger partial charge on any atom is -0.481 e. The highest BCUT2D eigenvalue weighted by Gasteiger charge is 2.15. The Kier molecular flexibility index (Phi) is 6.14. The van der Waals surface area contributed by atoms with Crippen molar-refractivity contribution in [2.75, 3.05) is 32.6 Å². The molecule has 0 aromatic heterocycles. The number of methoxy groups -OCH3 is 1. The van der Waals surface area contributed by atoms with Crippen LogP contribution in [0, 0.1) is 5.92 Å². The first-order valence-electron chi connectivity index (χ1n) is 7.73. The molecule has 0 spiro atoms. The highest BCUT2D eigenvalue weighted by atomic mass is 16.6. The molecule has 128 valence electrons. The van der Waals surface area contributed by atoms with Gasteiger partial charge in [0.25, 0.3) is 0 Å². The molecule has 1 atom stereocenters. The molecule has 2 rings (SSSR count). The van der Waals surface area contributed by atoms with E-state index >= 15 is 0 Å². The molecule has 6 heteroatoms. The lowest BCUT2D eigenvalue weighted by Crippen LogP contribution is -2.28. The van der Waals surface area contributed by atoms with Gasteiger partial charge in [0.05, 0.1) is 7.11 Å². The predicted octanol–water partition coefficient (Wildman–Crippen LogP) is 2.19. The maximum Gasteiger partial charge on any atom is 0.343 e. The summed E-state index contributed by atoms with van der Waals surface area (Å²) in [6.07, 6.45) is 0. The van der Waals surface area contributed by atoms with Crippen molar-refractivity contribution in [2.24, 2.45) is 5.92 Å². The zero-order valence-electron chi connectivity index (χ0n) is 14.1. The number of ether oxygens (including phenoxy) is 2. The number of hydrogen-bond acceptors (Lipinski definition) is 5. The van der Waals surface area contributed by atoms with E-state index in [4.69, 9.17) is 4.74 Å². The fraction of sp³-hybridized carbons (Fsp3) is 0.333. The molecule has 0 saturated heterocycles. The Hall–Kier alpha value is -2.60. The number of fused-ring (bicyclic) bond motifs is 1. The molecule has 0 heterocycles.